The first-order chi connectivity index (χ1) is 7.74. The predicted molar refractivity (Wildman–Crippen MR) is 61.2 cm³/mol. The first kappa shape index (κ1) is 10.9. The van der Waals surface area contributed by atoms with E-state index in [1.54, 1.807) is 4.90 Å². The van der Waals surface area contributed by atoms with Gasteiger partial charge in [-0.1, -0.05) is 24.6 Å². The highest BCUT2D eigenvalue weighted by Gasteiger charge is 2.31. The van der Waals surface area contributed by atoms with Crippen molar-refractivity contribution in [1.29, 1.82) is 0 Å². The summed E-state index contributed by atoms with van der Waals surface area (Å²) in [4.78, 5) is 13.4. The Kier molecular flexibility index (Phi) is 3.08. The lowest BCUT2D eigenvalue weighted by atomic mass is 10.1. The summed E-state index contributed by atoms with van der Waals surface area (Å²) < 4.78 is 5.19. The molecule has 1 amide bonds. The fourth-order valence-electron chi connectivity index (χ4n) is 1.91. The molecule has 1 atom stereocenters. The molecular weight excluding hydrogens is 204 g/mol. The first-order valence-corrected chi connectivity index (χ1v) is 5.63. The topological polar surface area (TPSA) is 46.3 Å². The lowest BCUT2D eigenvalue weighted by Crippen LogP contribution is -2.23. The molecule has 16 heavy (non-hydrogen) atoms. The molecule has 0 N–H and O–H groups in total. The van der Waals surface area contributed by atoms with Gasteiger partial charge in [-0.15, -0.1) is 6.58 Å². The molecule has 0 radical (unpaired) electrons. The van der Waals surface area contributed by atoms with E-state index in [0.29, 0.717) is 18.8 Å². The van der Waals surface area contributed by atoms with Crippen LogP contribution in [0.5, 0.6) is 0 Å². The summed E-state index contributed by atoms with van der Waals surface area (Å²) in [6, 6.07) is 1.85. The van der Waals surface area contributed by atoms with Crippen molar-refractivity contribution in [2.24, 2.45) is 5.92 Å². The monoisotopic (exact) mass is 220 g/mol. The van der Waals surface area contributed by atoms with Gasteiger partial charge in [-0.05, 0) is 6.42 Å². The van der Waals surface area contributed by atoms with Crippen LogP contribution in [-0.4, -0.2) is 17.6 Å². The highest BCUT2D eigenvalue weighted by Crippen LogP contribution is 2.26. The van der Waals surface area contributed by atoms with Crippen molar-refractivity contribution in [3.05, 3.63) is 24.4 Å². The van der Waals surface area contributed by atoms with Crippen LogP contribution in [0.1, 0.15) is 25.5 Å². The van der Waals surface area contributed by atoms with Crippen LogP contribution in [0.25, 0.3) is 0 Å². The van der Waals surface area contributed by atoms with Gasteiger partial charge in [-0.3, -0.25) is 9.69 Å². The van der Waals surface area contributed by atoms with Gasteiger partial charge in [0.05, 0.1) is 5.69 Å². The molecule has 0 spiro atoms. The molecule has 1 unspecified atom stereocenters. The number of nitrogens with zero attached hydrogens (tertiary/aromatic N) is 2. The number of hydrogen-bond acceptors (Lipinski definition) is 3. The Bertz CT molecular complexity index is 397. The molecule has 0 saturated carbocycles. The van der Waals surface area contributed by atoms with E-state index in [-0.39, 0.29) is 11.8 Å². The first-order valence-electron chi connectivity index (χ1n) is 5.63. The lowest BCUT2D eigenvalue weighted by molar-refractivity contribution is -0.117. The SMILES string of the molecule is C=CC1CC(=O)N(c2cc(CCC)no2)C1. The molecule has 1 saturated heterocycles. The fourth-order valence-corrected chi connectivity index (χ4v) is 1.91. The van der Waals surface area contributed by atoms with Crippen LogP contribution < -0.4 is 4.90 Å². The molecular formula is C12H16N2O2. The molecule has 86 valence electrons. The minimum atomic E-state index is 0.0871. The zero-order valence-electron chi connectivity index (χ0n) is 9.48. The average Bonchev–Trinajstić information content (AvgIpc) is 2.85. The van der Waals surface area contributed by atoms with Gasteiger partial charge in [0.2, 0.25) is 11.8 Å². The van der Waals surface area contributed by atoms with Gasteiger partial charge in [0, 0.05) is 24.9 Å². The quantitative estimate of drug-likeness (QED) is 0.730. The third-order valence-electron chi connectivity index (χ3n) is 2.81. The van der Waals surface area contributed by atoms with Gasteiger partial charge in [-0.25, -0.2) is 0 Å². The van der Waals surface area contributed by atoms with Gasteiger partial charge in [0.25, 0.3) is 0 Å². The van der Waals surface area contributed by atoms with Crippen LogP contribution in [0, 0.1) is 5.92 Å². The average molecular weight is 220 g/mol. The molecule has 0 aliphatic carbocycles. The van der Waals surface area contributed by atoms with E-state index in [9.17, 15) is 4.79 Å². The number of carbonyl (C=O) groups is 1. The molecule has 0 aromatic carbocycles. The van der Waals surface area contributed by atoms with E-state index >= 15 is 0 Å². The number of amides is 1. The summed E-state index contributed by atoms with van der Waals surface area (Å²) in [5.41, 5.74) is 0.910. The van der Waals surface area contributed by atoms with E-state index in [1.165, 1.54) is 0 Å². The maximum Gasteiger partial charge on any atom is 0.234 e. The van der Waals surface area contributed by atoms with Crippen molar-refractivity contribution in [2.75, 3.05) is 11.4 Å². The normalized spacial score (nSPS) is 20.4. The van der Waals surface area contributed by atoms with Crippen LogP contribution in [0.15, 0.2) is 23.2 Å². The molecule has 0 bridgehead atoms. The van der Waals surface area contributed by atoms with Crippen molar-refractivity contribution in [2.45, 2.75) is 26.2 Å². The fraction of sp³-hybridized carbons (Fsp3) is 0.500. The van der Waals surface area contributed by atoms with Crippen LogP contribution >= 0.6 is 0 Å². The van der Waals surface area contributed by atoms with E-state index in [2.05, 4.69) is 18.7 Å². The Labute approximate surface area is 94.9 Å². The summed E-state index contributed by atoms with van der Waals surface area (Å²) in [5.74, 6) is 0.883. The lowest BCUT2D eigenvalue weighted by Gasteiger charge is -2.10. The minimum Gasteiger partial charge on any atom is -0.338 e. The summed E-state index contributed by atoms with van der Waals surface area (Å²) >= 11 is 0. The second-order valence-corrected chi connectivity index (χ2v) is 4.11. The Morgan fingerprint density at radius 1 is 1.75 bits per heavy atom. The van der Waals surface area contributed by atoms with E-state index in [0.717, 1.165) is 18.5 Å². The van der Waals surface area contributed by atoms with Crippen molar-refractivity contribution >= 4 is 11.8 Å². The van der Waals surface area contributed by atoms with Crippen LogP contribution in [0.3, 0.4) is 0 Å². The molecule has 1 fully saturated rings. The Balaban J connectivity index is 2.11. The van der Waals surface area contributed by atoms with E-state index in [4.69, 9.17) is 4.52 Å². The molecule has 1 aliphatic rings. The van der Waals surface area contributed by atoms with Gasteiger partial charge in [0.15, 0.2) is 0 Å². The van der Waals surface area contributed by atoms with Crippen LogP contribution in [0.4, 0.5) is 5.88 Å². The maximum atomic E-state index is 11.7. The highest BCUT2D eigenvalue weighted by molar-refractivity contribution is 5.94. The highest BCUT2D eigenvalue weighted by atomic mass is 16.5. The number of carbonyl (C=O) groups excluding carboxylic acids is 1. The Morgan fingerprint density at radius 2 is 2.56 bits per heavy atom. The summed E-state index contributed by atoms with van der Waals surface area (Å²) in [6.07, 6.45) is 4.25. The number of hydrogen-bond donors (Lipinski definition) is 0. The van der Waals surface area contributed by atoms with Crippen LogP contribution in [0.2, 0.25) is 0 Å². The Hall–Kier alpha value is -1.58. The molecule has 1 aromatic heterocycles. The minimum absolute atomic E-state index is 0.0871. The molecule has 2 rings (SSSR count). The molecule has 2 heterocycles. The van der Waals surface area contributed by atoms with Gasteiger partial charge < -0.3 is 4.52 Å². The predicted octanol–water partition coefficient (Wildman–Crippen LogP) is 2.17. The van der Waals surface area contributed by atoms with Crippen molar-refractivity contribution in [3.8, 4) is 0 Å². The third kappa shape index (κ3) is 2.01. The molecule has 1 aromatic rings. The smallest absolute Gasteiger partial charge is 0.234 e. The van der Waals surface area contributed by atoms with E-state index < -0.39 is 0 Å². The van der Waals surface area contributed by atoms with Crippen molar-refractivity contribution < 1.29 is 9.32 Å². The molecule has 4 heteroatoms. The van der Waals surface area contributed by atoms with Gasteiger partial charge in [0.1, 0.15) is 0 Å². The van der Waals surface area contributed by atoms with Gasteiger partial charge >= 0.3 is 0 Å². The summed E-state index contributed by atoms with van der Waals surface area (Å²) in [7, 11) is 0. The second-order valence-electron chi connectivity index (χ2n) is 4.11. The third-order valence-corrected chi connectivity index (χ3v) is 2.81. The Morgan fingerprint density at radius 3 is 3.19 bits per heavy atom. The van der Waals surface area contributed by atoms with Crippen molar-refractivity contribution in [1.82, 2.24) is 5.16 Å². The van der Waals surface area contributed by atoms with Crippen LogP contribution in [-0.2, 0) is 11.2 Å². The maximum absolute atomic E-state index is 11.7. The zero-order chi connectivity index (χ0) is 11.5. The molecule has 4 nitrogen and oxygen atoms in total. The standard InChI is InChI=1S/C12H16N2O2/c1-3-5-10-7-12(16-13-10)14-8-9(4-2)6-11(14)15/h4,7,9H,2-3,5-6,8H2,1H3. The largest absolute Gasteiger partial charge is 0.338 e. The summed E-state index contributed by atoms with van der Waals surface area (Å²) in [6.45, 7) is 6.46. The zero-order valence-corrected chi connectivity index (χ0v) is 9.48. The number of rotatable bonds is 4. The number of aryl methyl sites for hydroxylation is 1. The second kappa shape index (κ2) is 4.51. The molecule has 1 aliphatic heterocycles. The summed E-state index contributed by atoms with van der Waals surface area (Å²) in [5, 5.41) is 3.94. The van der Waals surface area contributed by atoms with Crippen molar-refractivity contribution in [3.63, 3.8) is 0 Å². The number of aromatic nitrogens is 1. The van der Waals surface area contributed by atoms with Gasteiger partial charge in [-0.2, -0.15) is 0 Å². The van der Waals surface area contributed by atoms with E-state index in [1.807, 2.05) is 12.1 Å². The number of anilines is 1.